The number of aliphatic hydroxyl groups is 1. The highest BCUT2D eigenvalue weighted by Crippen LogP contribution is 2.40. The first-order valence-corrected chi connectivity index (χ1v) is 5.43. The molecule has 0 saturated heterocycles. The number of hydrogen-bond acceptors (Lipinski definition) is 3. The fraction of sp³-hybridized carbons (Fsp3) is 0.500. The molecule has 1 aromatic rings. The molecule has 0 spiro atoms. The van der Waals surface area contributed by atoms with Crippen LogP contribution in [0.1, 0.15) is 37.7 Å². The lowest BCUT2D eigenvalue weighted by atomic mass is 9.79. The molecule has 0 aliphatic heterocycles. The first kappa shape index (κ1) is 10.3. The van der Waals surface area contributed by atoms with Crippen LogP contribution in [-0.2, 0) is 5.60 Å². The summed E-state index contributed by atoms with van der Waals surface area (Å²) in [4.78, 5) is 0. The van der Waals surface area contributed by atoms with Crippen molar-refractivity contribution < 1.29 is 10.2 Å². The third kappa shape index (κ3) is 1.92. The number of phenolic OH excluding ortho intramolecular Hbond substituents is 1. The van der Waals surface area contributed by atoms with Crippen LogP contribution in [0.25, 0.3) is 0 Å². The minimum Gasteiger partial charge on any atom is -0.508 e. The van der Waals surface area contributed by atoms with Gasteiger partial charge in [0, 0.05) is 17.3 Å². The fourth-order valence-corrected chi connectivity index (χ4v) is 2.38. The number of nitrogen functional groups attached to an aromatic ring is 1. The highest BCUT2D eigenvalue weighted by atomic mass is 16.3. The van der Waals surface area contributed by atoms with E-state index in [1.807, 2.05) is 0 Å². The van der Waals surface area contributed by atoms with Crippen LogP contribution in [0.3, 0.4) is 0 Å². The Kier molecular flexibility index (Phi) is 2.57. The first-order chi connectivity index (χ1) is 7.12. The summed E-state index contributed by atoms with van der Waals surface area (Å²) < 4.78 is 0. The third-order valence-electron chi connectivity index (χ3n) is 3.22. The second-order valence-corrected chi connectivity index (χ2v) is 4.36. The highest BCUT2D eigenvalue weighted by molar-refractivity contribution is 5.53. The molecule has 1 aliphatic rings. The van der Waals surface area contributed by atoms with E-state index in [9.17, 15) is 10.2 Å². The average Bonchev–Trinajstić information content (AvgIpc) is 2.18. The van der Waals surface area contributed by atoms with Gasteiger partial charge in [-0.3, -0.25) is 0 Å². The van der Waals surface area contributed by atoms with Gasteiger partial charge < -0.3 is 15.9 Å². The molecule has 0 amide bonds. The largest absolute Gasteiger partial charge is 0.508 e. The van der Waals surface area contributed by atoms with Crippen molar-refractivity contribution in [3.8, 4) is 5.75 Å². The normalized spacial score (nSPS) is 20.1. The summed E-state index contributed by atoms with van der Waals surface area (Å²) in [5.74, 6) is 0.149. The molecule has 0 bridgehead atoms. The maximum Gasteiger partial charge on any atom is 0.117 e. The molecule has 1 aliphatic carbocycles. The topological polar surface area (TPSA) is 66.5 Å². The van der Waals surface area contributed by atoms with E-state index in [4.69, 9.17) is 5.73 Å². The van der Waals surface area contributed by atoms with Crippen molar-refractivity contribution in [2.24, 2.45) is 0 Å². The Morgan fingerprint density at radius 3 is 2.40 bits per heavy atom. The number of phenols is 1. The summed E-state index contributed by atoms with van der Waals surface area (Å²) in [6, 6.07) is 4.82. The van der Waals surface area contributed by atoms with Crippen LogP contribution in [0.5, 0.6) is 5.75 Å². The summed E-state index contributed by atoms with van der Waals surface area (Å²) in [6.07, 6.45) is 4.79. The first-order valence-electron chi connectivity index (χ1n) is 5.43. The Hall–Kier alpha value is -1.22. The highest BCUT2D eigenvalue weighted by Gasteiger charge is 2.32. The molecule has 0 atom stereocenters. The van der Waals surface area contributed by atoms with Gasteiger partial charge >= 0.3 is 0 Å². The molecule has 4 N–H and O–H groups in total. The van der Waals surface area contributed by atoms with Gasteiger partial charge in [0.05, 0.1) is 5.60 Å². The third-order valence-corrected chi connectivity index (χ3v) is 3.22. The van der Waals surface area contributed by atoms with Gasteiger partial charge in [-0.15, -0.1) is 0 Å². The van der Waals surface area contributed by atoms with Gasteiger partial charge in [-0.2, -0.15) is 0 Å². The van der Waals surface area contributed by atoms with Crippen molar-refractivity contribution in [3.63, 3.8) is 0 Å². The molecule has 3 heteroatoms. The lowest BCUT2D eigenvalue weighted by Gasteiger charge is -2.33. The van der Waals surface area contributed by atoms with Crippen LogP contribution in [0.4, 0.5) is 5.69 Å². The average molecular weight is 207 g/mol. The summed E-state index contributed by atoms with van der Waals surface area (Å²) >= 11 is 0. The van der Waals surface area contributed by atoms with Crippen LogP contribution < -0.4 is 5.73 Å². The minimum absolute atomic E-state index is 0.149. The molecule has 2 rings (SSSR count). The monoisotopic (exact) mass is 207 g/mol. The van der Waals surface area contributed by atoms with Gasteiger partial charge in [0.25, 0.3) is 0 Å². The molecule has 1 aromatic carbocycles. The van der Waals surface area contributed by atoms with Crippen LogP contribution >= 0.6 is 0 Å². The van der Waals surface area contributed by atoms with Gasteiger partial charge in [-0.1, -0.05) is 25.3 Å². The summed E-state index contributed by atoms with van der Waals surface area (Å²) in [7, 11) is 0. The van der Waals surface area contributed by atoms with Crippen LogP contribution in [-0.4, -0.2) is 10.2 Å². The second kappa shape index (κ2) is 3.74. The van der Waals surface area contributed by atoms with E-state index in [1.54, 1.807) is 12.1 Å². The number of hydrogen-bond donors (Lipinski definition) is 3. The van der Waals surface area contributed by atoms with E-state index in [0.29, 0.717) is 5.69 Å². The zero-order valence-corrected chi connectivity index (χ0v) is 8.74. The van der Waals surface area contributed by atoms with E-state index in [2.05, 4.69) is 0 Å². The van der Waals surface area contributed by atoms with Gasteiger partial charge in [-0.25, -0.2) is 0 Å². The second-order valence-electron chi connectivity index (χ2n) is 4.36. The van der Waals surface area contributed by atoms with Crippen LogP contribution in [0.15, 0.2) is 18.2 Å². The number of anilines is 1. The van der Waals surface area contributed by atoms with Gasteiger partial charge in [0.1, 0.15) is 5.75 Å². The predicted molar refractivity (Wildman–Crippen MR) is 59.5 cm³/mol. The standard InChI is InChI=1S/C12H17NO2/c13-11-8-9(14)4-5-10(11)12(15)6-2-1-3-7-12/h4-5,8,14-15H,1-3,6-7,13H2. The van der Waals surface area contributed by atoms with E-state index in [0.717, 1.165) is 31.2 Å². The molecular weight excluding hydrogens is 190 g/mol. The van der Waals surface area contributed by atoms with Crippen molar-refractivity contribution in [2.45, 2.75) is 37.7 Å². The summed E-state index contributed by atoms with van der Waals surface area (Å²) in [6.45, 7) is 0. The minimum atomic E-state index is -0.782. The number of aromatic hydroxyl groups is 1. The molecule has 0 heterocycles. The Morgan fingerprint density at radius 1 is 1.13 bits per heavy atom. The molecule has 1 saturated carbocycles. The predicted octanol–water partition coefficient (Wildman–Crippen LogP) is 2.13. The number of nitrogens with two attached hydrogens (primary N) is 1. The molecule has 15 heavy (non-hydrogen) atoms. The van der Waals surface area contributed by atoms with E-state index in [-0.39, 0.29) is 5.75 Å². The molecule has 0 aromatic heterocycles. The Labute approximate surface area is 89.5 Å². The molecule has 0 unspecified atom stereocenters. The Bertz CT molecular complexity index is 357. The molecule has 0 radical (unpaired) electrons. The van der Waals surface area contributed by atoms with Crippen LogP contribution in [0, 0.1) is 0 Å². The Balaban J connectivity index is 2.35. The molecule has 82 valence electrons. The van der Waals surface area contributed by atoms with Crippen molar-refractivity contribution in [3.05, 3.63) is 23.8 Å². The quantitative estimate of drug-likeness (QED) is 0.618. The fourth-order valence-electron chi connectivity index (χ4n) is 2.38. The van der Waals surface area contributed by atoms with Crippen molar-refractivity contribution in [1.29, 1.82) is 0 Å². The molecule has 1 fully saturated rings. The van der Waals surface area contributed by atoms with E-state index >= 15 is 0 Å². The van der Waals surface area contributed by atoms with Gasteiger partial charge in [-0.05, 0) is 18.9 Å². The van der Waals surface area contributed by atoms with Crippen molar-refractivity contribution >= 4 is 5.69 Å². The molecular formula is C12H17NO2. The SMILES string of the molecule is Nc1cc(O)ccc1C1(O)CCCCC1. The lowest BCUT2D eigenvalue weighted by molar-refractivity contribution is 0.0000620. The zero-order chi connectivity index (χ0) is 10.9. The zero-order valence-electron chi connectivity index (χ0n) is 8.74. The number of rotatable bonds is 1. The maximum absolute atomic E-state index is 10.5. The number of benzene rings is 1. The lowest BCUT2D eigenvalue weighted by Crippen LogP contribution is -2.29. The van der Waals surface area contributed by atoms with E-state index < -0.39 is 5.60 Å². The Morgan fingerprint density at radius 2 is 1.80 bits per heavy atom. The van der Waals surface area contributed by atoms with Gasteiger partial charge in [0.15, 0.2) is 0 Å². The van der Waals surface area contributed by atoms with Crippen LogP contribution in [0.2, 0.25) is 0 Å². The smallest absolute Gasteiger partial charge is 0.117 e. The summed E-state index contributed by atoms with van der Waals surface area (Å²) in [5.41, 5.74) is 6.29. The van der Waals surface area contributed by atoms with Crippen molar-refractivity contribution in [1.82, 2.24) is 0 Å². The molecule has 3 nitrogen and oxygen atoms in total. The van der Waals surface area contributed by atoms with Crippen molar-refractivity contribution in [2.75, 3.05) is 5.73 Å². The van der Waals surface area contributed by atoms with E-state index in [1.165, 1.54) is 12.5 Å². The van der Waals surface area contributed by atoms with Gasteiger partial charge in [0.2, 0.25) is 0 Å². The summed E-state index contributed by atoms with van der Waals surface area (Å²) in [5, 5.41) is 19.7. The maximum atomic E-state index is 10.5.